The standard InChI is InChI=1S/C22H26N2O4/c1-2-26-19-8-4-3-6-17(19)23-22(25)15-24-11-5-7-18(24)16-9-10-20-21(14-16)28-13-12-27-20/h3-4,6,8-10,14,18H,2,5,7,11-13,15H2,1H3,(H,23,25)/p+1/t18-/m0/s1. The predicted octanol–water partition coefficient (Wildman–Crippen LogP) is 2.21. The van der Waals surface area contributed by atoms with Crippen LogP contribution in [-0.2, 0) is 4.79 Å². The largest absolute Gasteiger partial charge is 0.492 e. The van der Waals surface area contributed by atoms with E-state index in [1.807, 2.05) is 37.3 Å². The molecule has 28 heavy (non-hydrogen) atoms. The van der Waals surface area contributed by atoms with Gasteiger partial charge in [0.25, 0.3) is 5.91 Å². The topological polar surface area (TPSA) is 61.2 Å². The minimum absolute atomic E-state index is 0.00611. The number of quaternary nitrogens is 1. The summed E-state index contributed by atoms with van der Waals surface area (Å²) in [4.78, 5) is 14.0. The zero-order valence-corrected chi connectivity index (χ0v) is 16.2. The SMILES string of the molecule is CCOc1ccccc1NC(=O)C[NH+]1CCC[C@H]1c1ccc2c(c1)OCCO2. The van der Waals surface area contributed by atoms with Crippen molar-refractivity contribution in [3.8, 4) is 17.2 Å². The fourth-order valence-electron chi connectivity index (χ4n) is 4.05. The van der Waals surface area contributed by atoms with Crippen LogP contribution in [0, 0.1) is 0 Å². The van der Waals surface area contributed by atoms with Crippen molar-refractivity contribution >= 4 is 11.6 Å². The fourth-order valence-corrected chi connectivity index (χ4v) is 4.05. The van der Waals surface area contributed by atoms with Gasteiger partial charge in [0.05, 0.1) is 18.8 Å². The summed E-state index contributed by atoms with van der Waals surface area (Å²) >= 11 is 0. The first-order valence-electron chi connectivity index (χ1n) is 10.0. The zero-order valence-electron chi connectivity index (χ0n) is 16.2. The summed E-state index contributed by atoms with van der Waals surface area (Å²) in [5.74, 6) is 2.33. The fraction of sp³-hybridized carbons (Fsp3) is 0.409. The molecule has 0 bridgehead atoms. The lowest BCUT2D eigenvalue weighted by atomic mass is 10.0. The molecule has 1 fully saturated rings. The second-order valence-electron chi connectivity index (χ2n) is 7.16. The third-order valence-electron chi connectivity index (χ3n) is 5.30. The van der Waals surface area contributed by atoms with E-state index in [0.717, 1.165) is 36.6 Å². The summed E-state index contributed by atoms with van der Waals surface area (Å²) in [6.07, 6.45) is 2.18. The summed E-state index contributed by atoms with van der Waals surface area (Å²) in [7, 11) is 0. The Morgan fingerprint density at radius 3 is 2.86 bits per heavy atom. The van der Waals surface area contributed by atoms with Crippen molar-refractivity contribution in [3.63, 3.8) is 0 Å². The van der Waals surface area contributed by atoms with Crippen LogP contribution in [0.4, 0.5) is 5.69 Å². The van der Waals surface area contributed by atoms with E-state index in [1.54, 1.807) is 0 Å². The van der Waals surface area contributed by atoms with E-state index in [4.69, 9.17) is 14.2 Å². The van der Waals surface area contributed by atoms with E-state index in [0.29, 0.717) is 38.2 Å². The number of hydrogen-bond acceptors (Lipinski definition) is 4. The molecule has 0 saturated carbocycles. The Kier molecular flexibility index (Phi) is 5.67. The average Bonchev–Trinajstić information content (AvgIpc) is 3.17. The van der Waals surface area contributed by atoms with Crippen LogP contribution >= 0.6 is 0 Å². The normalized spacial score (nSPS) is 20.6. The molecule has 2 heterocycles. The molecule has 2 N–H and O–H groups in total. The Labute approximate surface area is 165 Å². The molecule has 2 aliphatic heterocycles. The summed E-state index contributed by atoms with van der Waals surface area (Å²) in [5.41, 5.74) is 1.93. The van der Waals surface area contributed by atoms with Gasteiger partial charge in [-0.2, -0.15) is 0 Å². The minimum Gasteiger partial charge on any atom is -0.492 e. The number of likely N-dealkylation sites (tertiary alicyclic amines) is 1. The molecule has 1 amide bonds. The number of carbonyl (C=O) groups excluding carboxylic acids is 1. The van der Waals surface area contributed by atoms with Gasteiger partial charge in [0.15, 0.2) is 18.0 Å². The van der Waals surface area contributed by atoms with Gasteiger partial charge < -0.3 is 24.4 Å². The van der Waals surface area contributed by atoms with Crippen molar-refractivity contribution in [3.05, 3.63) is 48.0 Å². The second kappa shape index (κ2) is 8.52. The molecule has 148 valence electrons. The lowest BCUT2D eigenvalue weighted by Crippen LogP contribution is -3.11. The zero-order chi connectivity index (χ0) is 19.3. The average molecular weight is 383 g/mol. The highest BCUT2D eigenvalue weighted by Gasteiger charge is 2.32. The molecular formula is C22H27N2O4+. The number of rotatable bonds is 6. The molecule has 6 nitrogen and oxygen atoms in total. The van der Waals surface area contributed by atoms with Crippen molar-refractivity contribution in [1.29, 1.82) is 0 Å². The number of fused-ring (bicyclic) bond motifs is 1. The maximum Gasteiger partial charge on any atom is 0.279 e. The highest BCUT2D eigenvalue weighted by molar-refractivity contribution is 5.92. The molecule has 1 unspecified atom stereocenters. The number of anilines is 1. The molecule has 0 aromatic heterocycles. The number of hydrogen-bond donors (Lipinski definition) is 2. The summed E-state index contributed by atoms with van der Waals surface area (Å²) in [5, 5.41) is 3.01. The first kappa shape index (κ1) is 18.6. The Morgan fingerprint density at radius 2 is 2.00 bits per heavy atom. The second-order valence-corrected chi connectivity index (χ2v) is 7.16. The molecule has 0 aliphatic carbocycles. The molecule has 2 aliphatic rings. The van der Waals surface area contributed by atoms with Crippen LogP contribution in [0.15, 0.2) is 42.5 Å². The van der Waals surface area contributed by atoms with E-state index in [-0.39, 0.29) is 5.91 Å². The maximum atomic E-state index is 12.7. The molecule has 0 radical (unpaired) electrons. The third kappa shape index (κ3) is 4.07. The first-order valence-corrected chi connectivity index (χ1v) is 10.0. The van der Waals surface area contributed by atoms with E-state index < -0.39 is 0 Å². The van der Waals surface area contributed by atoms with E-state index in [1.165, 1.54) is 10.5 Å². The van der Waals surface area contributed by atoms with Gasteiger partial charge >= 0.3 is 0 Å². The minimum atomic E-state index is 0.00611. The van der Waals surface area contributed by atoms with Gasteiger partial charge in [-0.1, -0.05) is 12.1 Å². The Hall–Kier alpha value is -2.73. The summed E-state index contributed by atoms with van der Waals surface area (Å²) < 4.78 is 17.0. The number of amides is 1. The maximum absolute atomic E-state index is 12.7. The predicted molar refractivity (Wildman–Crippen MR) is 106 cm³/mol. The van der Waals surface area contributed by atoms with Gasteiger partial charge in [0, 0.05) is 18.4 Å². The van der Waals surface area contributed by atoms with Crippen molar-refractivity contribution in [1.82, 2.24) is 0 Å². The molecule has 2 atom stereocenters. The number of ether oxygens (including phenoxy) is 3. The highest BCUT2D eigenvalue weighted by atomic mass is 16.6. The highest BCUT2D eigenvalue weighted by Crippen LogP contribution is 2.33. The molecule has 2 aromatic carbocycles. The monoisotopic (exact) mass is 383 g/mol. The smallest absolute Gasteiger partial charge is 0.279 e. The van der Waals surface area contributed by atoms with Crippen LogP contribution in [0.1, 0.15) is 31.4 Å². The lowest BCUT2D eigenvalue weighted by molar-refractivity contribution is -0.910. The lowest BCUT2D eigenvalue weighted by Gasteiger charge is -2.24. The molecular weight excluding hydrogens is 356 g/mol. The van der Waals surface area contributed by atoms with Crippen molar-refractivity contribution in [2.75, 3.05) is 38.2 Å². The molecule has 4 rings (SSSR count). The summed E-state index contributed by atoms with van der Waals surface area (Å²) in [6.45, 7) is 5.09. The van der Waals surface area contributed by atoms with Gasteiger partial charge in [-0.3, -0.25) is 4.79 Å². The summed E-state index contributed by atoms with van der Waals surface area (Å²) in [6, 6.07) is 14.0. The van der Waals surface area contributed by atoms with Gasteiger partial charge in [0.1, 0.15) is 25.0 Å². The third-order valence-corrected chi connectivity index (χ3v) is 5.30. The van der Waals surface area contributed by atoms with Crippen LogP contribution in [0.3, 0.4) is 0 Å². The Balaban J connectivity index is 1.43. The van der Waals surface area contributed by atoms with Crippen LogP contribution in [-0.4, -0.2) is 38.8 Å². The van der Waals surface area contributed by atoms with Crippen LogP contribution < -0.4 is 24.4 Å². The van der Waals surface area contributed by atoms with Crippen molar-refractivity contribution in [2.24, 2.45) is 0 Å². The van der Waals surface area contributed by atoms with Gasteiger partial charge in [-0.05, 0) is 37.3 Å². The first-order chi connectivity index (χ1) is 13.7. The van der Waals surface area contributed by atoms with Gasteiger partial charge in [-0.25, -0.2) is 0 Å². The van der Waals surface area contributed by atoms with E-state index >= 15 is 0 Å². The molecule has 2 aromatic rings. The van der Waals surface area contributed by atoms with E-state index in [2.05, 4.69) is 17.4 Å². The quantitative estimate of drug-likeness (QED) is 0.803. The van der Waals surface area contributed by atoms with Crippen molar-refractivity contribution in [2.45, 2.75) is 25.8 Å². The van der Waals surface area contributed by atoms with Gasteiger partial charge in [0.2, 0.25) is 0 Å². The molecule has 0 spiro atoms. The van der Waals surface area contributed by atoms with Crippen LogP contribution in [0.25, 0.3) is 0 Å². The van der Waals surface area contributed by atoms with E-state index in [9.17, 15) is 4.79 Å². The number of carbonyl (C=O) groups is 1. The Morgan fingerprint density at radius 1 is 1.18 bits per heavy atom. The Bertz CT molecular complexity index is 839. The molecule has 1 saturated heterocycles. The number of nitrogens with one attached hydrogen (secondary N) is 2. The van der Waals surface area contributed by atoms with Gasteiger partial charge in [-0.15, -0.1) is 0 Å². The number of benzene rings is 2. The van der Waals surface area contributed by atoms with Crippen LogP contribution in [0.5, 0.6) is 17.2 Å². The number of para-hydroxylation sites is 2. The van der Waals surface area contributed by atoms with Crippen LogP contribution in [0.2, 0.25) is 0 Å². The molecule has 6 heteroatoms. The van der Waals surface area contributed by atoms with Crippen molar-refractivity contribution < 1.29 is 23.9 Å².